The molecule has 1 saturated heterocycles. The van der Waals surface area contributed by atoms with E-state index in [2.05, 4.69) is 0 Å². The molecule has 0 radical (unpaired) electrons. The van der Waals surface area contributed by atoms with Crippen LogP contribution in [0.5, 0.6) is 0 Å². The van der Waals surface area contributed by atoms with Crippen LogP contribution in [0.2, 0.25) is 0 Å². The third-order valence-corrected chi connectivity index (χ3v) is 3.18. The standard InChI is InChI=1S/C12H11NO2/c14-11-7-3-6-10-12(15)8-4-1-2-5-9(8)13(10)11/h1-2,4-5,10H,3,6-7H2. The summed E-state index contributed by atoms with van der Waals surface area (Å²) in [5.74, 6) is 0.197. The van der Waals surface area contributed by atoms with E-state index in [-0.39, 0.29) is 17.7 Å². The summed E-state index contributed by atoms with van der Waals surface area (Å²) in [5, 5.41) is 0. The van der Waals surface area contributed by atoms with Crippen LogP contribution in [0.15, 0.2) is 24.3 Å². The van der Waals surface area contributed by atoms with Crippen molar-refractivity contribution in [2.24, 2.45) is 0 Å². The number of para-hydroxylation sites is 1. The SMILES string of the molecule is O=C1c2ccccc2N2C(=O)CCCC12. The summed E-state index contributed by atoms with van der Waals surface area (Å²) in [6.07, 6.45) is 2.21. The molecule has 0 saturated carbocycles. The average molecular weight is 201 g/mol. The minimum Gasteiger partial charge on any atom is -0.301 e. The monoisotopic (exact) mass is 201 g/mol. The number of amides is 1. The lowest BCUT2D eigenvalue weighted by molar-refractivity contribution is -0.119. The van der Waals surface area contributed by atoms with E-state index in [1.54, 1.807) is 4.90 Å². The Bertz CT molecular complexity index is 453. The van der Waals surface area contributed by atoms with Gasteiger partial charge in [0.15, 0.2) is 5.78 Å². The Morgan fingerprint density at radius 2 is 2.00 bits per heavy atom. The van der Waals surface area contributed by atoms with E-state index in [1.807, 2.05) is 24.3 Å². The number of carbonyl (C=O) groups is 2. The molecule has 0 aliphatic carbocycles. The summed E-state index contributed by atoms with van der Waals surface area (Å²) >= 11 is 0. The highest BCUT2D eigenvalue weighted by Crippen LogP contribution is 2.36. The van der Waals surface area contributed by atoms with Gasteiger partial charge in [0.05, 0.1) is 5.69 Å². The molecule has 2 heterocycles. The van der Waals surface area contributed by atoms with Crippen LogP contribution in [0, 0.1) is 0 Å². The van der Waals surface area contributed by atoms with E-state index >= 15 is 0 Å². The molecule has 1 aromatic carbocycles. The highest BCUT2D eigenvalue weighted by molar-refractivity contribution is 6.18. The van der Waals surface area contributed by atoms with Crippen molar-refractivity contribution >= 4 is 17.4 Å². The van der Waals surface area contributed by atoms with Gasteiger partial charge in [-0.2, -0.15) is 0 Å². The number of benzene rings is 1. The van der Waals surface area contributed by atoms with Gasteiger partial charge in [0.2, 0.25) is 5.91 Å². The van der Waals surface area contributed by atoms with Crippen LogP contribution in [0.25, 0.3) is 0 Å². The van der Waals surface area contributed by atoms with Gasteiger partial charge in [0.25, 0.3) is 0 Å². The lowest BCUT2D eigenvalue weighted by Crippen LogP contribution is -2.43. The van der Waals surface area contributed by atoms with Gasteiger partial charge >= 0.3 is 0 Å². The molecule has 1 aromatic rings. The summed E-state index contributed by atoms with van der Waals surface area (Å²) in [6.45, 7) is 0. The summed E-state index contributed by atoms with van der Waals surface area (Å²) in [4.78, 5) is 25.4. The summed E-state index contributed by atoms with van der Waals surface area (Å²) in [5.41, 5.74) is 1.51. The number of Topliss-reactive ketones (excluding diaryl/α,β-unsaturated/α-hetero) is 1. The van der Waals surface area contributed by atoms with Gasteiger partial charge in [-0.1, -0.05) is 12.1 Å². The van der Waals surface area contributed by atoms with Crippen LogP contribution >= 0.6 is 0 Å². The van der Waals surface area contributed by atoms with Gasteiger partial charge in [-0.05, 0) is 25.0 Å². The fourth-order valence-electron chi connectivity index (χ4n) is 2.49. The number of hydrogen-bond acceptors (Lipinski definition) is 2. The number of rotatable bonds is 0. The number of anilines is 1. The minimum absolute atomic E-state index is 0.0875. The molecule has 76 valence electrons. The molecule has 1 unspecified atom stereocenters. The van der Waals surface area contributed by atoms with Gasteiger partial charge < -0.3 is 4.90 Å². The van der Waals surface area contributed by atoms with Crippen molar-refractivity contribution in [1.29, 1.82) is 0 Å². The van der Waals surface area contributed by atoms with Crippen molar-refractivity contribution in [2.45, 2.75) is 25.3 Å². The van der Waals surface area contributed by atoms with Gasteiger partial charge in [0.1, 0.15) is 6.04 Å². The third-order valence-electron chi connectivity index (χ3n) is 3.18. The Balaban J connectivity index is 2.16. The fraction of sp³-hybridized carbons (Fsp3) is 0.333. The predicted octanol–water partition coefficient (Wildman–Crippen LogP) is 1.77. The van der Waals surface area contributed by atoms with Crippen LogP contribution in [0.3, 0.4) is 0 Å². The van der Waals surface area contributed by atoms with E-state index < -0.39 is 0 Å². The molecule has 1 atom stereocenters. The number of nitrogens with zero attached hydrogens (tertiary/aromatic N) is 1. The maximum atomic E-state index is 12.0. The molecule has 2 aliphatic heterocycles. The van der Waals surface area contributed by atoms with E-state index in [0.717, 1.165) is 18.5 Å². The van der Waals surface area contributed by atoms with Crippen molar-refractivity contribution in [3.05, 3.63) is 29.8 Å². The highest BCUT2D eigenvalue weighted by Gasteiger charge is 2.41. The summed E-state index contributed by atoms with van der Waals surface area (Å²) in [7, 11) is 0. The van der Waals surface area contributed by atoms with Crippen molar-refractivity contribution in [2.75, 3.05) is 4.90 Å². The molecule has 15 heavy (non-hydrogen) atoms. The maximum absolute atomic E-state index is 12.0. The number of fused-ring (bicyclic) bond motifs is 3. The second-order valence-corrected chi connectivity index (χ2v) is 4.05. The topological polar surface area (TPSA) is 37.4 Å². The minimum atomic E-state index is -0.219. The molecule has 0 N–H and O–H groups in total. The first-order valence-electron chi connectivity index (χ1n) is 5.24. The maximum Gasteiger partial charge on any atom is 0.227 e. The Hall–Kier alpha value is -1.64. The average Bonchev–Trinajstić information content (AvgIpc) is 2.55. The Kier molecular flexibility index (Phi) is 1.69. The predicted molar refractivity (Wildman–Crippen MR) is 55.9 cm³/mol. The van der Waals surface area contributed by atoms with Gasteiger partial charge in [-0.25, -0.2) is 0 Å². The lowest BCUT2D eigenvalue weighted by Gasteiger charge is -2.28. The highest BCUT2D eigenvalue weighted by atomic mass is 16.2. The molecule has 0 spiro atoms. The van der Waals surface area contributed by atoms with E-state index in [9.17, 15) is 9.59 Å². The van der Waals surface area contributed by atoms with E-state index in [0.29, 0.717) is 12.0 Å². The lowest BCUT2D eigenvalue weighted by atomic mass is 10.00. The van der Waals surface area contributed by atoms with Crippen molar-refractivity contribution in [1.82, 2.24) is 0 Å². The number of ketones is 1. The summed E-state index contributed by atoms with van der Waals surface area (Å²) in [6, 6.07) is 7.17. The normalized spacial score (nSPS) is 24.0. The number of carbonyl (C=O) groups excluding carboxylic acids is 2. The Morgan fingerprint density at radius 3 is 2.87 bits per heavy atom. The molecule has 0 aromatic heterocycles. The zero-order chi connectivity index (χ0) is 10.4. The van der Waals surface area contributed by atoms with Crippen molar-refractivity contribution in [3.8, 4) is 0 Å². The molecule has 1 amide bonds. The first kappa shape index (κ1) is 8.65. The Labute approximate surface area is 87.7 Å². The molecule has 0 bridgehead atoms. The van der Waals surface area contributed by atoms with Crippen LogP contribution in [0.4, 0.5) is 5.69 Å². The second-order valence-electron chi connectivity index (χ2n) is 4.05. The number of piperidine rings is 1. The van der Waals surface area contributed by atoms with E-state index in [4.69, 9.17) is 0 Å². The largest absolute Gasteiger partial charge is 0.301 e. The van der Waals surface area contributed by atoms with Gasteiger partial charge in [0, 0.05) is 12.0 Å². The zero-order valence-electron chi connectivity index (χ0n) is 8.27. The van der Waals surface area contributed by atoms with Crippen LogP contribution in [0.1, 0.15) is 29.6 Å². The zero-order valence-corrected chi connectivity index (χ0v) is 8.27. The fourth-order valence-corrected chi connectivity index (χ4v) is 2.49. The molecule has 1 fully saturated rings. The number of hydrogen-bond donors (Lipinski definition) is 0. The van der Waals surface area contributed by atoms with E-state index in [1.165, 1.54) is 0 Å². The quantitative estimate of drug-likeness (QED) is 0.641. The molecular weight excluding hydrogens is 190 g/mol. The molecule has 2 aliphatic rings. The van der Waals surface area contributed by atoms with Crippen LogP contribution in [-0.4, -0.2) is 17.7 Å². The molecular formula is C12H11NO2. The van der Waals surface area contributed by atoms with Crippen molar-refractivity contribution in [3.63, 3.8) is 0 Å². The summed E-state index contributed by atoms with van der Waals surface area (Å²) < 4.78 is 0. The third kappa shape index (κ3) is 1.06. The Morgan fingerprint density at radius 1 is 1.20 bits per heavy atom. The van der Waals surface area contributed by atoms with Gasteiger partial charge in [-0.15, -0.1) is 0 Å². The first-order chi connectivity index (χ1) is 7.29. The second kappa shape index (κ2) is 2.92. The molecule has 3 heteroatoms. The van der Waals surface area contributed by atoms with Gasteiger partial charge in [-0.3, -0.25) is 9.59 Å². The van der Waals surface area contributed by atoms with Crippen molar-refractivity contribution < 1.29 is 9.59 Å². The smallest absolute Gasteiger partial charge is 0.227 e. The van der Waals surface area contributed by atoms with Crippen LogP contribution in [-0.2, 0) is 4.79 Å². The molecule has 3 rings (SSSR count). The molecule has 3 nitrogen and oxygen atoms in total. The first-order valence-corrected chi connectivity index (χ1v) is 5.24. The van der Waals surface area contributed by atoms with Crippen LogP contribution < -0.4 is 4.90 Å².